The second-order valence-corrected chi connectivity index (χ2v) is 6.20. The number of unbranched alkanes of at least 4 members (excludes halogenated alkanes) is 3. The van der Waals surface area contributed by atoms with Crippen molar-refractivity contribution in [2.75, 3.05) is 13.6 Å². The van der Waals surface area contributed by atoms with Crippen molar-refractivity contribution < 1.29 is 0 Å². The summed E-state index contributed by atoms with van der Waals surface area (Å²) in [5.74, 6) is 0.932. The fourth-order valence-corrected chi connectivity index (χ4v) is 2.74. The second-order valence-electron chi connectivity index (χ2n) is 6.20. The highest BCUT2D eigenvalue weighted by atomic mass is 15.2. The summed E-state index contributed by atoms with van der Waals surface area (Å²) in [6.45, 7) is 7.77. The molecule has 1 saturated carbocycles. The Kier molecular flexibility index (Phi) is 5.94. The van der Waals surface area contributed by atoms with Gasteiger partial charge in [0.05, 0.1) is 0 Å². The van der Waals surface area contributed by atoms with Gasteiger partial charge in [0.1, 0.15) is 0 Å². The molecule has 2 heteroatoms. The van der Waals surface area contributed by atoms with E-state index < -0.39 is 0 Å². The molecule has 102 valence electrons. The van der Waals surface area contributed by atoms with Crippen molar-refractivity contribution in [3.63, 3.8) is 0 Å². The topological polar surface area (TPSA) is 29.3 Å². The molecular formula is C15H32N2. The van der Waals surface area contributed by atoms with E-state index in [1.165, 1.54) is 44.9 Å². The van der Waals surface area contributed by atoms with Gasteiger partial charge in [-0.1, -0.05) is 32.6 Å². The predicted octanol–water partition coefficient (Wildman–Crippen LogP) is 3.40. The lowest BCUT2D eigenvalue weighted by Gasteiger charge is -2.42. The van der Waals surface area contributed by atoms with Crippen molar-refractivity contribution in [2.45, 2.75) is 77.3 Å². The minimum atomic E-state index is 0.204. The lowest BCUT2D eigenvalue weighted by atomic mass is 9.90. The van der Waals surface area contributed by atoms with Crippen molar-refractivity contribution in [3.05, 3.63) is 0 Å². The number of likely N-dealkylation sites (N-methyl/N-ethyl adjacent to an activating group) is 1. The Bertz CT molecular complexity index is 213. The first-order valence-electron chi connectivity index (χ1n) is 7.48. The summed E-state index contributed by atoms with van der Waals surface area (Å²) in [6, 6.07) is 0.703. The molecule has 1 aliphatic carbocycles. The Labute approximate surface area is 108 Å². The summed E-state index contributed by atoms with van der Waals surface area (Å²) >= 11 is 0. The van der Waals surface area contributed by atoms with Crippen LogP contribution in [0.2, 0.25) is 0 Å². The van der Waals surface area contributed by atoms with Crippen LogP contribution in [0, 0.1) is 5.92 Å². The Morgan fingerprint density at radius 2 is 1.94 bits per heavy atom. The van der Waals surface area contributed by atoms with E-state index >= 15 is 0 Å². The van der Waals surface area contributed by atoms with E-state index in [1.807, 2.05) is 0 Å². The van der Waals surface area contributed by atoms with Crippen LogP contribution in [0.25, 0.3) is 0 Å². The van der Waals surface area contributed by atoms with Gasteiger partial charge in [-0.05, 0) is 46.1 Å². The third-order valence-electron chi connectivity index (χ3n) is 4.78. The van der Waals surface area contributed by atoms with E-state index in [4.69, 9.17) is 5.73 Å². The molecule has 0 aromatic heterocycles. The van der Waals surface area contributed by atoms with Gasteiger partial charge in [0.15, 0.2) is 0 Å². The summed E-state index contributed by atoms with van der Waals surface area (Å²) in [5, 5.41) is 0. The molecule has 2 nitrogen and oxygen atoms in total. The van der Waals surface area contributed by atoms with Crippen molar-refractivity contribution in [2.24, 2.45) is 11.7 Å². The van der Waals surface area contributed by atoms with Gasteiger partial charge in [0.25, 0.3) is 0 Å². The van der Waals surface area contributed by atoms with Crippen LogP contribution in [0.3, 0.4) is 0 Å². The zero-order chi connectivity index (χ0) is 12.9. The van der Waals surface area contributed by atoms with Crippen LogP contribution in [-0.2, 0) is 0 Å². The molecule has 1 rings (SSSR count). The predicted molar refractivity (Wildman–Crippen MR) is 76.2 cm³/mol. The Morgan fingerprint density at radius 1 is 1.29 bits per heavy atom. The van der Waals surface area contributed by atoms with Crippen LogP contribution >= 0.6 is 0 Å². The van der Waals surface area contributed by atoms with E-state index in [1.54, 1.807) is 0 Å². The van der Waals surface area contributed by atoms with E-state index in [2.05, 4.69) is 32.7 Å². The largest absolute Gasteiger partial charge is 0.329 e. The maximum Gasteiger partial charge on any atom is 0.0303 e. The smallest absolute Gasteiger partial charge is 0.0303 e. The summed E-state index contributed by atoms with van der Waals surface area (Å²) in [6.07, 6.45) is 9.44. The van der Waals surface area contributed by atoms with Gasteiger partial charge in [0, 0.05) is 18.1 Å². The first-order chi connectivity index (χ1) is 8.05. The van der Waals surface area contributed by atoms with Crippen molar-refractivity contribution in [3.8, 4) is 0 Å². The first-order valence-corrected chi connectivity index (χ1v) is 7.48. The average molecular weight is 240 g/mol. The van der Waals surface area contributed by atoms with Crippen LogP contribution in [-0.4, -0.2) is 30.1 Å². The molecule has 0 aliphatic heterocycles. The fourth-order valence-electron chi connectivity index (χ4n) is 2.74. The van der Waals surface area contributed by atoms with Crippen molar-refractivity contribution >= 4 is 0 Å². The lowest BCUT2D eigenvalue weighted by Crippen LogP contribution is -2.53. The molecule has 0 saturated heterocycles. The molecule has 0 aromatic rings. The average Bonchev–Trinajstić information content (AvgIpc) is 3.16. The molecule has 1 aliphatic rings. The van der Waals surface area contributed by atoms with Gasteiger partial charge < -0.3 is 5.73 Å². The van der Waals surface area contributed by atoms with E-state index in [0.29, 0.717) is 6.04 Å². The van der Waals surface area contributed by atoms with Gasteiger partial charge in [-0.15, -0.1) is 0 Å². The van der Waals surface area contributed by atoms with E-state index in [9.17, 15) is 0 Å². The van der Waals surface area contributed by atoms with Crippen LogP contribution in [0.15, 0.2) is 0 Å². The van der Waals surface area contributed by atoms with Crippen LogP contribution in [0.1, 0.15) is 65.7 Å². The molecule has 0 spiro atoms. The Hall–Kier alpha value is -0.0800. The number of hydrogen-bond acceptors (Lipinski definition) is 2. The highest BCUT2D eigenvalue weighted by Gasteiger charge is 2.37. The minimum Gasteiger partial charge on any atom is -0.329 e. The number of rotatable bonds is 9. The van der Waals surface area contributed by atoms with Gasteiger partial charge in [-0.25, -0.2) is 0 Å². The van der Waals surface area contributed by atoms with Gasteiger partial charge in [0.2, 0.25) is 0 Å². The molecule has 2 N–H and O–H groups in total. The molecule has 0 heterocycles. The van der Waals surface area contributed by atoms with Crippen molar-refractivity contribution in [1.82, 2.24) is 4.90 Å². The quantitative estimate of drug-likeness (QED) is 0.626. The molecular weight excluding hydrogens is 208 g/mol. The Balaban J connectivity index is 2.41. The molecule has 17 heavy (non-hydrogen) atoms. The zero-order valence-electron chi connectivity index (χ0n) is 12.3. The number of hydrogen-bond donors (Lipinski definition) is 1. The second kappa shape index (κ2) is 6.75. The van der Waals surface area contributed by atoms with E-state index in [-0.39, 0.29) is 5.54 Å². The standard InChI is InChI=1S/C15H32N2/c1-5-6-7-8-11-15(3,12-16)17(4)13(2)14-9-10-14/h13-14H,5-12,16H2,1-4H3. The molecule has 2 unspecified atom stereocenters. The molecule has 0 radical (unpaired) electrons. The summed E-state index contributed by atoms with van der Waals surface area (Å²) in [5.41, 5.74) is 6.24. The Morgan fingerprint density at radius 3 is 2.41 bits per heavy atom. The molecule has 1 fully saturated rings. The normalized spacial score (nSPS) is 21.5. The van der Waals surface area contributed by atoms with Crippen LogP contribution in [0.4, 0.5) is 0 Å². The number of nitrogens with two attached hydrogens (primary N) is 1. The molecule has 2 atom stereocenters. The van der Waals surface area contributed by atoms with Crippen LogP contribution < -0.4 is 5.73 Å². The fraction of sp³-hybridized carbons (Fsp3) is 1.00. The van der Waals surface area contributed by atoms with Crippen LogP contribution in [0.5, 0.6) is 0 Å². The van der Waals surface area contributed by atoms with E-state index in [0.717, 1.165) is 12.5 Å². The highest BCUT2D eigenvalue weighted by molar-refractivity contribution is 4.93. The van der Waals surface area contributed by atoms with Crippen molar-refractivity contribution in [1.29, 1.82) is 0 Å². The summed E-state index contributed by atoms with van der Waals surface area (Å²) in [7, 11) is 2.27. The maximum atomic E-state index is 6.04. The summed E-state index contributed by atoms with van der Waals surface area (Å²) in [4.78, 5) is 2.55. The third kappa shape index (κ3) is 4.26. The lowest BCUT2D eigenvalue weighted by molar-refractivity contribution is 0.0789. The third-order valence-corrected chi connectivity index (χ3v) is 4.78. The minimum absolute atomic E-state index is 0.204. The molecule has 0 amide bonds. The molecule has 0 aromatic carbocycles. The van der Waals surface area contributed by atoms with Gasteiger partial charge in [-0.3, -0.25) is 4.90 Å². The van der Waals surface area contributed by atoms with Gasteiger partial charge in [-0.2, -0.15) is 0 Å². The maximum absolute atomic E-state index is 6.04. The first kappa shape index (κ1) is 15.0. The molecule has 0 bridgehead atoms. The SMILES string of the molecule is CCCCCCC(C)(CN)N(C)C(C)C1CC1. The summed E-state index contributed by atoms with van der Waals surface area (Å²) < 4.78 is 0. The highest BCUT2D eigenvalue weighted by Crippen LogP contribution is 2.37. The van der Waals surface area contributed by atoms with Gasteiger partial charge >= 0.3 is 0 Å². The number of nitrogens with zero attached hydrogens (tertiary/aromatic N) is 1. The zero-order valence-corrected chi connectivity index (χ0v) is 12.3. The monoisotopic (exact) mass is 240 g/mol.